The molecule has 4 aromatic rings. The molecule has 1 aliphatic rings. The van der Waals surface area contributed by atoms with Gasteiger partial charge in [0.15, 0.2) is 11.0 Å². The van der Waals surface area contributed by atoms with Crippen LogP contribution in [0.2, 0.25) is 0 Å². The fraction of sp³-hybridized carbons (Fsp3) is 0.300. The van der Waals surface area contributed by atoms with Gasteiger partial charge in [-0.25, -0.2) is 17.8 Å². The number of nitrogens with one attached hydrogen (secondary N) is 1. The van der Waals surface area contributed by atoms with E-state index < -0.39 is 15.9 Å². The maximum absolute atomic E-state index is 13.6. The molecule has 0 saturated carbocycles. The van der Waals surface area contributed by atoms with Crippen molar-refractivity contribution in [1.29, 1.82) is 0 Å². The molecular weight excluding hydrogens is 638 g/mol. The highest BCUT2D eigenvalue weighted by atomic mass is 32.2. The summed E-state index contributed by atoms with van der Waals surface area (Å²) in [5.41, 5.74) is 1.90. The molecule has 1 atom stereocenters. The predicted molar refractivity (Wildman–Crippen MR) is 171 cm³/mol. The summed E-state index contributed by atoms with van der Waals surface area (Å²) in [4.78, 5) is 27.3. The number of aromatic nitrogens is 3. The summed E-state index contributed by atoms with van der Waals surface area (Å²) >= 11 is 2.75. The van der Waals surface area contributed by atoms with E-state index in [2.05, 4.69) is 20.6 Å². The summed E-state index contributed by atoms with van der Waals surface area (Å²) < 4.78 is 42.1. The Bertz CT molecular complexity index is 1790. The van der Waals surface area contributed by atoms with Crippen molar-refractivity contribution >= 4 is 50.6 Å². The van der Waals surface area contributed by atoms with Gasteiger partial charge in [-0.2, -0.15) is 9.41 Å². The van der Waals surface area contributed by atoms with Crippen LogP contribution in [0.5, 0.6) is 0 Å². The van der Waals surface area contributed by atoms with Crippen molar-refractivity contribution < 1.29 is 22.4 Å². The van der Waals surface area contributed by atoms with Gasteiger partial charge < -0.3 is 9.88 Å². The third-order valence-corrected chi connectivity index (χ3v) is 11.3. The molecule has 0 bridgehead atoms. The lowest BCUT2D eigenvalue weighted by molar-refractivity contribution is -0.130. The van der Waals surface area contributed by atoms with Crippen LogP contribution in [0.25, 0.3) is 0 Å². The number of sulfonamides is 1. The molecule has 3 heterocycles. The molecule has 236 valence electrons. The molecule has 2 aromatic carbocycles. The largest absolute Gasteiger partial charge is 0.345 e. The van der Waals surface area contributed by atoms with E-state index in [0.717, 1.165) is 16.2 Å². The summed E-state index contributed by atoms with van der Waals surface area (Å²) in [5, 5.41) is 19.7. The van der Waals surface area contributed by atoms with E-state index >= 15 is 0 Å². The highest BCUT2D eigenvalue weighted by Gasteiger charge is 2.33. The van der Waals surface area contributed by atoms with Crippen LogP contribution < -0.4 is 5.32 Å². The molecule has 1 unspecified atom stereocenters. The third kappa shape index (κ3) is 7.16. The second kappa shape index (κ2) is 14.0. The molecule has 0 fully saturated rings. The summed E-state index contributed by atoms with van der Waals surface area (Å²) in [5.74, 6) is -0.458. The fourth-order valence-corrected chi connectivity index (χ4v) is 7.81. The highest BCUT2D eigenvalue weighted by molar-refractivity contribution is 7.99. The van der Waals surface area contributed by atoms with Crippen LogP contribution in [-0.4, -0.2) is 68.9 Å². The number of carbonyl (C=O) groups excluding carboxylic acids is 2. The van der Waals surface area contributed by atoms with Gasteiger partial charge in [-0.3, -0.25) is 9.59 Å². The number of thioether (sulfide) groups is 1. The first-order chi connectivity index (χ1) is 21.6. The lowest BCUT2D eigenvalue weighted by atomic mass is 10.0. The van der Waals surface area contributed by atoms with Crippen LogP contribution >= 0.6 is 23.1 Å². The van der Waals surface area contributed by atoms with Gasteiger partial charge in [0.1, 0.15) is 5.82 Å². The van der Waals surface area contributed by atoms with Crippen LogP contribution in [0.4, 0.5) is 4.39 Å². The number of amides is 2. The maximum atomic E-state index is 13.6. The summed E-state index contributed by atoms with van der Waals surface area (Å²) in [6.45, 7) is 4.32. The second-order valence-corrected chi connectivity index (χ2v) is 13.9. The number of rotatable bonds is 12. The number of carbonyl (C=O) groups is 2. The summed E-state index contributed by atoms with van der Waals surface area (Å²) in [7, 11) is -1.88. The molecule has 0 radical (unpaired) electrons. The number of hydrazone groups is 1. The maximum Gasteiger partial charge on any atom is 0.253 e. The van der Waals surface area contributed by atoms with E-state index in [9.17, 15) is 22.4 Å². The van der Waals surface area contributed by atoms with E-state index in [-0.39, 0.29) is 35.0 Å². The van der Waals surface area contributed by atoms with E-state index in [0.29, 0.717) is 36.1 Å². The SMILES string of the molecule is CCN(CC)S(=O)(=O)c1ccc(C(=O)NCc2nnc(SCC(=O)N3N=C(c4cccs4)CC3c3ccc(F)cc3)n2C)cc1. The Hall–Kier alpha value is -3.92. The van der Waals surface area contributed by atoms with Crippen molar-refractivity contribution in [3.63, 3.8) is 0 Å². The standard InChI is InChI=1S/C30H32FN7O4S3/c1-4-37(5-2)45(41,42)23-14-10-21(11-15-23)29(40)32-18-27-33-34-30(36(27)3)44-19-28(39)38-25(20-8-12-22(31)13-9-20)17-24(35-38)26-7-6-16-43-26/h6-16,25H,4-5,17-19H2,1-3H3,(H,32,40). The van der Waals surface area contributed by atoms with Gasteiger partial charge in [0.25, 0.3) is 11.8 Å². The van der Waals surface area contributed by atoms with Gasteiger partial charge in [-0.1, -0.05) is 43.8 Å². The number of thiophene rings is 1. The number of hydrogen-bond acceptors (Lipinski definition) is 9. The van der Waals surface area contributed by atoms with Gasteiger partial charge in [0, 0.05) is 32.1 Å². The average molecular weight is 670 g/mol. The van der Waals surface area contributed by atoms with Gasteiger partial charge in [-0.15, -0.1) is 21.5 Å². The van der Waals surface area contributed by atoms with Crippen molar-refractivity contribution in [2.75, 3.05) is 18.8 Å². The fourth-order valence-electron chi connectivity index (χ4n) is 4.85. The minimum atomic E-state index is -3.62. The average Bonchev–Trinajstić information content (AvgIpc) is 3.80. The molecule has 1 aliphatic heterocycles. The summed E-state index contributed by atoms with van der Waals surface area (Å²) in [6.07, 6.45) is 0.519. The highest BCUT2D eigenvalue weighted by Crippen LogP contribution is 2.34. The van der Waals surface area contributed by atoms with Crippen molar-refractivity contribution in [2.24, 2.45) is 12.1 Å². The van der Waals surface area contributed by atoms with Crippen LogP contribution in [0.1, 0.15) is 52.9 Å². The molecule has 11 nitrogen and oxygen atoms in total. The van der Waals surface area contributed by atoms with Crippen molar-refractivity contribution in [3.05, 3.63) is 93.7 Å². The topological polar surface area (TPSA) is 130 Å². The van der Waals surface area contributed by atoms with Crippen LogP contribution in [0.15, 0.2) is 81.2 Å². The zero-order valence-electron chi connectivity index (χ0n) is 24.9. The van der Waals surface area contributed by atoms with Crippen molar-refractivity contribution in [2.45, 2.75) is 42.9 Å². The smallest absolute Gasteiger partial charge is 0.253 e. The Balaban J connectivity index is 1.20. The molecular formula is C30H32FN7O4S3. The monoisotopic (exact) mass is 669 g/mol. The van der Waals surface area contributed by atoms with Crippen LogP contribution in [0.3, 0.4) is 0 Å². The minimum Gasteiger partial charge on any atom is -0.345 e. The van der Waals surface area contributed by atoms with Crippen molar-refractivity contribution in [1.82, 2.24) is 29.4 Å². The lowest BCUT2D eigenvalue weighted by Gasteiger charge is -2.21. The Labute approximate surface area is 269 Å². The van der Waals surface area contributed by atoms with E-state index in [1.165, 1.54) is 57.5 Å². The molecule has 45 heavy (non-hydrogen) atoms. The number of nitrogens with zero attached hydrogens (tertiary/aromatic N) is 6. The van der Waals surface area contributed by atoms with Gasteiger partial charge in [0.2, 0.25) is 10.0 Å². The molecule has 0 spiro atoms. The first-order valence-electron chi connectivity index (χ1n) is 14.2. The Kier molecular flexibility index (Phi) is 10.1. The lowest BCUT2D eigenvalue weighted by Crippen LogP contribution is -2.30. The quantitative estimate of drug-likeness (QED) is 0.221. The number of benzene rings is 2. The number of hydrogen-bond donors (Lipinski definition) is 1. The zero-order chi connectivity index (χ0) is 32.1. The molecule has 0 saturated heterocycles. The van der Waals surface area contributed by atoms with Gasteiger partial charge >= 0.3 is 0 Å². The van der Waals surface area contributed by atoms with E-state index in [1.54, 1.807) is 48.9 Å². The molecule has 15 heteroatoms. The molecule has 2 amide bonds. The minimum absolute atomic E-state index is 0.0417. The first kappa shape index (κ1) is 32.5. The third-order valence-electron chi connectivity index (χ3n) is 7.34. The predicted octanol–water partition coefficient (Wildman–Crippen LogP) is 4.45. The second-order valence-electron chi connectivity index (χ2n) is 10.1. The summed E-state index contributed by atoms with van der Waals surface area (Å²) in [6, 6.07) is 15.4. The Morgan fingerprint density at radius 1 is 1.07 bits per heavy atom. The molecule has 1 N–H and O–H groups in total. The van der Waals surface area contributed by atoms with Gasteiger partial charge in [0.05, 0.1) is 33.8 Å². The Morgan fingerprint density at radius 3 is 2.42 bits per heavy atom. The Morgan fingerprint density at radius 2 is 1.78 bits per heavy atom. The van der Waals surface area contributed by atoms with Crippen molar-refractivity contribution in [3.8, 4) is 0 Å². The normalized spacial score (nSPS) is 15.0. The van der Waals surface area contributed by atoms with E-state index in [4.69, 9.17) is 0 Å². The molecule has 2 aromatic heterocycles. The molecule has 5 rings (SSSR count). The first-order valence-corrected chi connectivity index (χ1v) is 17.5. The molecule has 0 aliphatic carbocycles. The van der Waals surface area contributed by atoms with E-state index in [1.807, 2.05) is 17.5 Å². The van der Waals surface area contributed by atoms with Crippen LogP contribution in [0, 0.1) is 5.82 Å². The van der Waals surface area contributed by atoms with Gasteiger partial charge in [-0.05, 0) is 53.4 Å². The van der Waals surface area contributed by atoms with Crippen LogP contribution in [-0.2, 0) is 28.4 Å². The zero-order valence-corrected chi connectivity index (χ0v) is 27.3. The number of halogens is 1.